The molecule has 1 fully saturated rings. The van der Waals surface area contributed by atoms with Crippen molar-refractivity contribution in [3.05, 3.63) is 71.8 Å². The van der Waals surface area contributed by atoms with Gasteiger partial charge in [0.2, 0.25) is 17.7 Å². The van der Waals surface area contributed by atoms with Crippen LogP contribution in [-0.2, 0) is 35.1 Å². The van der Waals surface area contributed by atoms with Crippen molar-refractivity contribution >= 4 is 35.4 Å². The number of likely N-dealkylation sites (tertiary alicyclic amines) is 1. The predicted octanol–water partition coefficient (Wildman–Crippen LogP) is 1.50. The maximum atomic E-state index is 13.3. The van der Waals surface area contributed by atoms with Crippen molar-refractivity contribution in [2.45, 2.75) is 57.2 Å². The third-order valence-corrected chi connectivity index (χ3v) is 6.53. The number of carboxylic acids is 1. The van der Waals surface area contributed by atoms with Crippen LogP contribution in [-0.4, -0.2) is 76.7 Å². The first kappa shape index (κ1) is 30.0. The summed E-state index contributed by atoms with van der Waals surface area (Å²) in [6, 6.07) is 13.8. The molecule has 2 aromatic rings. The van der Waals surface area contributed by atoms with Gasteiger partial charge in [-0.05, 0) is 37.0 Å². The van der Waals surface area contributed by atoms with Crippen molar-refractivity contribution < 1.29 is 38.6 Å². The van der Waals surface area contributed by atoms with Gasteiger partial charge in [-0.25, -0.2) is 4.79 Å². The van der Waals surface area contributed by atoms with Crippen LogP contribution < -0.4 is 10.6 Å². The lowest BCUT2D eigenvalue weighted by molar-refractivity contribution is -0.143. The summed E-state index contributed by atoms with van der Waals surface area (Å²) in [5.41, 5.74) is 1.01. The fourth-order valence-electron chi connectivity index (χ4n) is 4.45. The van der Waals surface area contributed by atoms with Crippen molar-refractivity contribution in [2.75, 3.05) is 13.2 Å². The highest BCUT2D eigenvalue weighted by atomic mass is 16.5. The molecule has 1 heterocycles. The van der Waals surface area contributed by atoms with Gasteiger partial charge in [0.25, 0.3) is 0 Å². The molecule has 212 valence electrons. The number of carboxylic acid groups (broad SMARTS) is 1. The summed E-state index contributed by atoms with van der Waals surface area (Å²) in [4.78, 5) is 76.6. The maximum absolute atomic E-state index is 13.3. The summed E-state index contributed by atoms with van der Waals surface area (Å²) in [6.07, 6.45) is 0.508. The zero-order valence-corrected chi connectivity index (χ0v) is 22.2. The molecule has 0 spiro atoms. The lowest BCUT2D eigenvalue weighted by atomic mass is 10.1. The highest BCUT2D eigenvalue weighted by Crippen LogP contribution is 2.20. The Kier molecular flexibility index (Phi) is 10.9. The Labute approximate surface area is 231 Å². The number of rotatable bonds is 13. The topological polar surface area (TPSA) is 159 Å². The van der Waals surface area contributed by atoms with Gasteiger partial charge in [-0.15, -0.1) is 0 Å². The number of nitrogens with one attached hydrogen (secondary N) is 2. The summed E-state index contributed by atoms with van der Waals surface area (Å²) in [6.45, 7) is 1.29. The van der Waals surface area contributed by atoms with E-state index < -0.39 is 60.7 Å². The predicted molar refractivity (Wildman–Crippen MR) is 143 cm³/mol. The Morgan fingerprint density at radius 1 is 0.950 bits per heavy atom. The molecule has 3 amide bonds. The molecule has 1 aliphatic heterocycles. The molecule has 1 saturated heterocycles. The smallest absolute Gasteiger partial charge is 0.338 e. The Balaban J connectivity index is 1.61. The highest BCUT2D eigenvalue weighted by molar-refractivity contribution is 5.98. The number of Topliss-reactive ketones (excluding diaryl/α,β-unsaturated/α-hetero) is 1. The van der Waals surface area contributed by atoms with Crippen molar-refractivity contribution in [2.24, 2.45) is 0 Å². The van der Waals surface area contributed by atoms with E-state index in [1.54, 1.807) is 37.3 Å². The van der Waals surface area contributed by atoms with Crippen LogP contribution in [0.5, 0.6) is 0 Å². The first-order valence-corrected chi connectivity index (χ1v) is 13.1. The van der Waals surface area contributed by atoms with E-state index in [9.17, 15) is 33.9 Å². The number of carbonyl (C=O) groups excluding carboxylic acids is 5. The quantitative estimate of drug-likeness (QED) is 0.316. The Bertz CT molecular complexity index is 1220. The van der Waals surface area contributed by atoms with Crippen LogP contribution in [0.1, 0.15) is 48.5 Å². The van der Waals surface area contributed by atoms with Gasteiger partial charge in [0.15, 0.2) is 12.4 Å². The molecule has 2 aromatic carbocycles. The van der Waals surface area contributed by atoms with Gasteiger partial charge in [-0.3, -0.25) is 24.0 Å². The fraction of sp³-hybridized carbons (Fsp3) is 0.379. The second-order valence-electron chi connectivity index (χ2n) is 9.45. The molecule has 40 heavy (non-hydrogen) atoms. The number of aliphatic carboxylic acids is 1. The van der Waals surface area contributed by atoms with Gasteiger partial charge in [-0.1, -0.05) is 55.5 Å². The average Bonchev–Trinajstić information content (AvgIpc) is 3.45. The van der Waals surface area contributed by atoms with Gasteiger partial charge >= 0.3 is 11.9 Å². The number of carbonyl (C=O) groups is 6. The summed E-state index contributed by atoms with van der Waals surface area (Å²) in [5, 5.41) is 14.4. The first-order chi connectivity index (χ1) is 19.2. The van der Waals surface area contributed by atoms with E-state index >= 15 is 0 Å². The molecule has 3 rings (SSSR count). The van der Waals surface area contributed by atoms with E-state index in [0.29, 0.717) is 19.3 Å². The molecule has 3 unspecified atom stereocenters. The number of hydrogen-bond donors (Lipinski definition) is 3. The fourth-order valence-corrected chi connectivity index (χ4v) is 4.45. The van der Waals surface area contributed by atoms with E-state index in [1.807, 2.05) is 18.2 Å². The third kappa shape index (κ3) is 8.48. The number of ketones is 1. The molecule has 11 heteroatoms. The third-order valence-electron chi connectivity index (χ3n) is 6.53. The molecular weight excluding hydrogens is 518 g/mol. The van der Waals surface area contributed by atoms with Crippen LogP contribution in [0.3, 0.4) is 0 Å². The van der Waals surface area contributed by atoms with Crippen molar-refractivity contribution in [3.63, 3.8) is 0 Å². The molecule has 0 radical (unpaired) electrons. The number of esters is 1. The molecule has 0 bridgehead atoms. The molecule has 1 aliphatic rings. The first-order valence-electron chi connectivity index (χ1n) is 13.1. The number of ether oxygens (including phenoxy) is 1. The molecule has 3 N–H and O–H groups in total. The minimum absolute atomic E-state index is 0.0996. The minimum Gasteiger partial charge on any atom is -0.481 e. The van der Waals surface area contributed by atoms with E-state index in [1.165, 1.54) is 17.0 Å². The van der Waals surface area contributed by atoms with E-state index in [2.05, 4.69) is 10.6 Å². The Hall–Kier alpha value is -4.54. The summed E-state index contributed by atoms with van der Waals surface area (Å²) >= 11 is 0. The highest BCUT2D eigenvalue weighted by Gasteiger charge is 2.38. The normalized spacial score (nSPS) is 15.9. The van der Waals surface area contributed by atoms with Crippen molar-refractivity contribution in [3.8, 4) is 0 Å². The lowest BCUT2D eigenvalue weighted by Gasteiger charge is -2.29. The maximum Gasteiger partial charge on any atom is 0.338 e. The van der Waals surface area contributed by atoms with Crippen LogP contribution in [0.4, 0.5) is 0 Å². The minimum atomic E-state index is -1.46. The Morgan fingerprint density at radius 2 is 1.60 bits per heavy atom. The molecule has 0 aliphatic carbocycles. The van der Waals surface area contributed by atoms with Crippen LogP contribution >= 0.6 is 0 Å². The monoisotopic (exact) mass is 551 g/mol. The number of benzene rings is 2. The number of nitrogens with zero attached hydrogens (tertiary/aromatic N) is 1. The SMILES string of the molecule is CCC(NC(=O)Cc1ccccc1)C(=O)N1CCCC1C(=O)NC(CC(=O)O)C(=O)COC(=O)c1ccccc1. The summed E-state index contributed by atoms with van der Waals surface area (Å²) < 4.78 is 5.01. The number of hydrogen-bond acceptors (Lipinski definition) is 7. The zero-order chi connectivity index (χ0) is 29.1. The molecule has 11 nitrogen and oxygen atoms in total. The summed E-state index contributed by atoms with van der Waals surface area (Å²) in [5.74, 6) is -4.34. The lowest BCUT2D eigenvalue weighted by Crippen LogP contribution is -2.55. The van der Waals surface area contributed by atoms with Crippen molar-refractivity contribution in [1.29, 1.82) is 0 Å². The van der Waals surface area contributed by atoms with Gasteiger partial charge < -0.3 is 25.4 Å². The summed E-state index contributed by atoms with van der Waals surface area (Å²) in [7, 11) is 0. The second kappa shape index (κ2) is 14.6. The molecular formula is C29H33N3O8. The van der Waals surface area contributed by atoms with Gasteiger partial charge in [-0.2, -0.15) is 0 Å². The zero-order valence-electron chi connectivity index (χ0n) is 22.2. The van der Waals surface area contributed by atoms with E-state index in [0.717, 1.165) is 5.56 Å². The van der Waals surface area contributed by atoms with Crippen molar-refractivity contribution in [1.82, 2.24) is 15.5 Å². The Morgan fingerprint density at radius 3 is 2.23 bits per heavy atom. The van der Waals surface area contributed by atoms with Gasteiger partial charge in [0.05, 0.1) is 18.4 Å². The van der Waals surface area contributed by atoms with E-state index in [4.69, 9.17) is 4.74 Å². The van der Waals surface area contributed by atoms with Gasteiger partial charge in [0, 0.05) is 6.54 Å². The van der Waals surface area contributed by atoms with Gasteiger partial charge in [0.1, 0.15) is 18.1 Å². The second-order valence-corrected chi connectivity index (χ2v) is 9.45. The van der Waals surface area contributed by atoms with E-state index in [-0.39, 0.29) is 24.4 Å². The van der Waals surface area contributed by atoms with Crippen LogP contribution in [0.2, 0.25) is 0 Å². The van der Waals surface area contributed by atoms with Crippen LogP contribution in [0, 0.1) is 0 Å². The largest absolute Gasteiger partial charge is 0.481 e. The average molecular weight is 552 g/mol. The number of amides is 3. The molecule has 3 atom stereocenters. The molecule has 0 aromatic heterocycles. The molecule has 0 saturated carbocycles. The van der Waals surface area contributed by atoms with Crippen LogP contribution in [0.25, 0.3) is 0 Å². The standard InChI is InChI=1S/C29H33N3O8/c1-2-21(30-25(34)16-19-10-5-3-6-11-19)28(38)32-15-9-14-23(32)27(37)31-22(17-26(35)36)24(33)18-40-29(39)20-12-7-4-8-13-20/h3-8,10-13,21-23H,2,9,14-18H2,1H3,(H,30,34)(H,31,37)(H,35,36). The van der Waals surface area contributed by atoms with Crippen LogP contribution in [0.15, 0.2) is 60.7 Å².